The molecule has 0 unspecified atom stereocenters. The molecule has 0 aliphatic carbocycles. The lowest BCUT2D eigenvalue weighted by Gasteiger charge is -2.22. The first-order chi connectivity index (χ1) is 17.8. The summed E-state index contributed by atoms with van der Waals surface area (Å²) in [5.74, 6) is 3.12. The van der Waals surface area contributed by atoms with E-state index in [9.17, 15) is 4.79 Å². The molecule has 1 aliphatic rings. The smallest absolute Gasteiger partial charge is 0.204 e. The van der Waals surface area contributed by atoms with Crippen LogP contribution in [0.25, 0.3) is 21.9 Å². The molecule has 0 saturated carbocycles. The molecule has 191 valence electrons. The third-order valence-corrected chi connectivity index (χ3v) is 7.75. The average molecular weight is 765 g/mol. The Bertz CT molecular complexity index is 1740. The first-order valence-electron chi connectivity index (χ1n) is 11.0. The van der Waals surface area contributed by atoms with Gasteiger partial charge in [0.15, 0.2) is 0 Å². The van der Waals surface area contributed by atoms with Gasteiger partial charge in [-0.25, -0.2) is 0 Å². The van der Waals surface area contributed by atoms with Gasteiger partial charge < -0.3 is 18.6 Å². The van der Waals surface area contributed by atoms with Crippen LogP contribution >= 0.6 is 63.7 Å². The first-order valence-corrected chi connectivity index (χ1v) is 14.2. The molecule has 2 heterocycles. The lowest BCUT2D eigenvalue weighted by atomic mass is 9.99. The number of halogens is 4. The Morgan fingerprint density at radius 1 is 0.711 bits per heavy atom. The van der Waals surface area contributed by atoms with Crippen LogP contribution in [0.5, 0.6) is 23.0 Å². The predicted octanol–water partition coefficient (Wildman–Crippen LogP) is 9.02. The predicted molar refractivity (Wildman–Crippen MR) is 165 cm³/mol. The van der Waals surface area contributed by atoms with E-state index in [2.05, 4.69) is 69.8 Å². The summed E-state index contributed by atoms with van der Waals surface area (Å²) in [6.45, 7) is 0. The zero-order chi connectivity index (χ0) is 26.3. The second kappa shape index (κ2) is 11.9. The maximum atomic E-state index is 12.6. The van der Waals surface area contributed by atoms with E-state index in [-0.39, 0.29) is 13.8 Å². The van der Waals surface area contributed by atoms with Gasteiger partial charge in [-0.3, -0.25) is 4.79 Å². The fourth-order valence-electron chi connectivity index (χ4n) is 4.17. The van der Waals surface area contributed by atoms with Gasteiger partial charge in [-0.15, -0.1) is 0 Å². The second-order valence-electron chi connectivity index (χ2n) is 8.17. The number of rotatable bonds is 2. The monoisotopic (exact) mass is 761 g/mol. The summed E-state index contributed by atoms with van der Waals surface area (Å²) in [6, 6.07) is 18.9. The molecule has 1 aromatic heterocycles. The summed E-state index contributed by atoms with van der Waals surface area (Å²) < 4.78 is 26.0. The summed E-state index contributed by atoms with van der Waals surface area (Å²) in [6.07, 6.45) is 0.820. The largest absolute Gasteiger partial charge is 0.496 e. The summed E-state index contributed by atoms with van der Waals surface area (Å²) in [4.78, 5) is 12.6. The van der Waals surface area contributed by atoms with E-state index < -0.39 is 0 Å². The molecule has 6 rings (SSSR count). The number of benzene rings is 4. The van der Waals surface area contributed by atoms with Gasteiger partial charge in [0.2, 0.25) is 5.43 Å². The molecule has 0 N–H and O–H groups in total. The summed E-state index contributed by atoms with van der Waals surface area (Å²) in [5.41, 5.74) is 3.22. The highest BCUT2D eigenvalue weighted by Gasteiger charge is 2.21. The van der Waals surface area contributed by atoms with Crippen LogP contribution in [0.3, 0.4) is 0 Å². The highest BCUT2D eigenvalue weighted by Crippen LogP contribution is 2.43. The molecule has 4 aromatic carbocycles. The quantitative estimate of drug-likeness (QED) is 0.130. The van der Waals surface area contributed by atoms with E-state index in [1.165, 1.54) is 7.11 Å². The van der Waals surface area contributed by atoms with Crippen molar-refractivity contribution < 1.29 is 18.6 Å². The third-order valence-electron chi connectivity index (χ3n) is 5.85. The van der Waals surface area contributed by atoms with E-state index in [1.807, 2.05) is 30.3 Å². The minimum Gasteiger partial charge on any atom is -0.496 e. The van der Waals surface area contributed by atoms with Crippen molar-refractivity contribution in [1.82, 2.24) is 0 Å². The highest BCUT2D eigenvalue weighted by atomic mass is 79.9. The van der Waals surface area contributed by atoms with E-state index >= 15 is 0 Å². The minimum absolute atomic E-state index is 0. The molecular weight excluding hydrogens is 747 g/mol. The van der Waals surface area contributed by atoms with Crippen molar-refractivity contribution in [2.45, 2.75) is 6.42 Å². The fraction of sp³-hybridized carbons (Fsp3) is 0.107. The van der Waals surface area contributed by atoms with Crippen molar-refractivity contribution in [3.05, 3.63) is 99.9 Å². The highest BCUT2D eigenvalue weighted by molar-refractivity contribution is 9.11. The van der Waals surface area contributed by atoms with E-state index in [4.69, 9.17) is 18.6 Å². The van der Waals surface area contributed by atoms with E-state index in [0.29, 0.717) is 27.7 Å². The first kappa shape index (κ1) is 28.7. The maximum Gasteiger partial charge on any atom is 0.204 e. The summed E-state index contributed by atoms with van der Waals surface area (Å²) in [5, 5.41) is 0.985. The van der Waals surface area contributed by atoms with Gasteiger partial charge in [0.1, 0.15) is 39.6 Å². The van der Waals surface area contributed by atoms with Crippen LogP contribution in [0, 0.1) is 0 Å². The van der Waals surface area contributed by atoms with Crippen LogP contribution in [0.1, 0.15) is 11.1 Å². The average Bonchev–Trinajstić information content (AvgIpc) is 2.87. The molecule has 1 aliphatic heterocycles. The molecule has 5 nitrogen and oxygen atoms in total. The van der Waals surface area contributed by atoms with Gasteiger partial charge in [-0.2, -0.15) is 0 Å². The Labute approximate surface area is 254 Å². The molecule has 0 saturated heterocycles. The molecular formula is C28H18BBr4O5. The standard InChI is InChI=1S/C14H8Br2O3.C14H10Br2O2.B/c1-18-11-5-8(16)6-12-13(11)14(17)9-4-7(15)2-3-10(9)19-12;1-17-13-6-10(16)7-14-11(13)5-8-4-9(15)2-3-12(8)18-14;/h2-6H,1H3;2-4,6-7H,5H2,1H3;. The Hall–Kier alpha value is -2.27. The van der Waals surface area contributed by atoms with E-state index in [1.54, 1.807) is 31.4 Å². The summed E-state index contributed by atoms with van der Waals surface area (Å²) >= 11 is 13.7. The molecule has 0 atom stereocenters. The maximum absolute atomic E-state index is 12.6. The SMILES string of the molecule is COc1cc(Br)cc2c1Cc1cc(Br)ccc1O2.COc1cc(Br)cc2oc3ccc(Br)cc3c(=O)c12.[B]. The van der Waals surface area contributed by atoms with Crippen molar-refractivity contribution in [1.29, 1.82) is 0 Å². The second-order valence-corrected chi connectivity index (χ2v) is 11.8. The molecule has 0 amide bonds. The number of hydrogen-bond donors (Lipinski definition) is 0. The third kappa shape index (κ3) is 5.69. The Balaban J connectivity index is 0.000000173. The normalized spacial score (nSPS) is 11.4. The van der Waals surface area contributed by atoms with Gasteiger partial charge in [0, 0.05) is 43.9 Å². The molecule has 0 bridgehead atoms. The Morgan fingerprint density at radius 2 is 1.37 bits per heavy atom. The topological polar surface area (TPSA) is 57.9 Å². The van der Waals surface area contributed by atoms with Crippen molar-refractivity contribution in [3.8, 4) is 23.0 Å². The molecule has 10 heteroatoms. The number of hydrogen-bond acceptors (Lipinski definition) is 5. The zero-order valence-corrected chi connectivity index (χ0v) is 26.5. The van der Waals surface area contributed by atoms with Crippen LogP contribution < -0.4 is 19.6 Å². The van der Waals surface area contributed by atoms with Crippen LogP contribution in [0.2, 0.25) is 0 Å². The summed E-state index contributed by atoms with van der Waals surface area (Å²) in [7, 11) is 3.21. The lowest BCUT2D eigenvalue weighted by molar-refractivity contribution is 0.397. The van der Waals surface area contributed by atoms with Crippen LogP contribution in [-0.2, 0) is 6.42 Å². The van der Waals surface area contributed by atoms with Crippen molar-refractivity contribution in [2.24, 2.45) is 0 Å². The lowest BCUT2D eigenvalue weighted by Crippen LogP contribution is -2.05. The molecule has 5 aromatic rings. The number of ether oxygens (including phenoxy) is 3. The van der Waals surface area contributed by atoms with Crippen molar-refractivity contribution >= 4 is 94.1 Å². The van der Waals surface area contributed by atoms with Crippen LogP contribution in [0.4, 0.5) is 0 Å². The van der Waals surface area contributed by atoms with Gasteiger partial charge in [0.05, 0.1) is 19.6 Å². The Kier molecular flexibility index (Phi) is 8.97. The van der Waals surface area contributed by atoms with Gasteiger partial charge in [-0.1, -0.05) is 63.7 Å². The van der Waals surface area contributed by atoms with Crippen LogP contribution in [-0.4, -0.2) is 22.6 Å². The number of fused-ring (bicyclic) bond motifs is 4. The van der Waals surface area contributed by atoms with Gasteiger partial charge >= 0.3 is 0 Å². The van der Waals surface area contributed by atoms with E-state index in [0.717, 1.165) is 52.7 Å². The van der Waals surface area contributed by atoms with Crippen LogP contribution in [0.15, 0.2) is 87.8 Å². The fourth-order valence-corrected chi connectivity index (χ4v) is 5.78. The molecule has 3 radical (unpaired) electrons. The molecule has 38 heavy (non-hydrogen) atoms. The molecule has 0 spiro atoms. The number of methoxy groups -OCH3 is 2. The minimum atomic E-state index is -0.0955. The molecule has 0 fully saturated rings. The van der Waals surface area contributed by atoms with Crippen molar-refractivity contribution in [2.75, 3.05) is 14.2 Å². The van der Waals surface area contributed by atoms with Gasteiger partial charge in [-0.05, 0) is 60.7 Å². The zero-order valence-electron chi connectivity index (χ0n) is 20.1. The van der Waals surface area contributed by atoms with Gasteiger partial charge in [0.25, 0.3) is 0 Å². The Morgan fingerprint density at radius 3 is 2.11 bits per heavy atom. The van der Waals surface area contributed by atoms with Crippen molar-refractivity contribution in [3.63, 3.8) is 0 Å².